The third kappa shape index (κ3) is 3.21. The van der Waals surface area contributed by atoms with Crippen molar-refractivity contribution in [2.75, 3.05) is 0 Å². The van der Waals surface area contributed by atoms with Gasteiger partial charge in [0, 0.05) is 28.9 Å². The van der Waals surface area contributed by atoms with E-state index in [4.69, 9.17) is 23.8 Å². The molecule has 0 radical (unpaired) electrons. The van der Waals surface area contributed by atoms with Crippen molar-refractivity contribution >= 4 is 35.7 Å². The van der Waals surface area contributed by atoms with Crippen LogP contribution in [-0.4, -0.2) is 31.0 Å². The highest BCUT2D eigenvalue weighted by atomic mass is 35.5. The Hall–Kier alpha value is -2.91. The molecule has 0 saturated carbocycles. The predicted octanol–water partition coefficient (Wildman–Crippen LogP) is 3.45. The number of aromatic amines is 1. The van der Waals surface area contributed by atoms with Gasteiger partial charge in [0.2, 0.25) is 10.6 Å². The van der Waals surface area contributed by atoms with Crippen LogP contribution in [0.1, 0.15) is 5.56 Å². The first-order valence-corrected chi connectivity index (χ1v) is 7.42. The topological polar surface area (TPSA) is 102 Å². The van der Waals surface area contributed by atoms with Crippen LogP contribution >= 0.6 is 23.8 Å². The van der Waals surface area contributed by atoms with Gasteiger partial charge in [-0.25, -0.2) is 5.10 Å². The number of hydrogen-bond acceptors (Lipinski definition) is 6. The van der Waals surface area contributed by atoms with Crippen LogP contribution in [0.25, 0.3) is 11.5 Å². The fourth-order valence-electron chi connectivity index (χ4n) is 1.92. The van der Waals surface area contributed by atoms with E-state index in [-0.39, 0.29) is 10.5 Å². The molecule has 0 amide bonds. The van der Waals surface area contributed by atoms with Gasteiger partial charge < -0.3 is 0 Å². The van der Waals surface area contributed by atoms with E-state index in [9.17, 15) is 10.1 Å². The van der Waals surface area contributed by atoms with E-state index in [0.29, 0.717) is 22.1 Å². The third-order valence-corrected chi connectivity index (χ3v) is 3.66. The van der Waals surface area contributed by atoms with Gasteiger partial charge in [-0.1, -0.05) is 17.7 Å². The molecule has 3 rings (SSSR count). The van der Waals surface area contributed by atoms with Crippen molar-refractivity contribution in [1.82, 2.24) is 19.9 Å². The van der Waals surface area contributed by atoms with Crippen LogP contribution in [0, 0.1) is 14.9 Å². The molecule has 2 aromatic heterocycles. The second kappa shape index (κ2) is 6.69. The maximum Gasteiger partial charge on any atom is 0.270 e. The molecule has 0 saturated heterocycles. The van der Waals surface area contributed by atoms with Crippen LogP contribution in [0.4, 0.5) is 5.69 Å². The van der Waals surface area contributed by atoms with Crippen molar-refractivity contribution in [3.63, 3.8) is 0 Å². The van der Waals surface area contributed by atoms with Crippen molar-refractivity contribution in [1.29, 1.82) is 0 Å². The molecule has 10 heteroatoms. The molecule has 2 heterocycles. The molecule has 1 N–H and O–H groups in total. The number of nitro groups is 1. The average Bonchev–Trinajstić information content (AvgIpc) is 2.95. The number of non-ortho nitro benzene ring substituents is 1. The molecular weight excluding hydrogens is 352 g/mol. The Balaban J connectivity index is 2.02. The molecular formula is C14H9ClN6O2S. The Labute approximate surface area is 145 Å². The Bertz CT molecular complexity index is 982. The first-order chi connectivity index (χ1) is 11.6. The summed E-state index contributed by atoms with van der Waals surface area (Å²) in [5, 5.41) is 22.1. The van der Waals surface area contributed by atoms with Gasteiger partial charge in [-0.15, -0.1) is 0 Å². The molecule has 120 valence electrons. The first kappa shape index (κ1) is 16.0. The van der Waals surface area contributed by atoms with E-state index < -0.39 is 4.92 Å². The molecule has 3 aromatic rings. The number of nitrogens with zero attached hydrogens (tertiary/aromatic N) is 5. The highest BCUT2D eigenvalue weighted by Gasteiger charge is 2.11. The number of pyridine rings is 1. The van der Waals surface area contributed by atoms with E-state index in [0.717, 1.165) is 0 Å². The number of nitrogens with one attached hydrogen (secondary N) is 1. The van der Waals surface area contributed by atoms with Crippen LogP contribution < -0.4 is 0 Å². The van der Waals surface area contributed by atoms with Crippen LogP contribution in [0.3, 0.4) is 0 Å². The minimum Gasteiger partial charge on any atom is -0.258 e. The fraction of sp³-hybridized carbons (Fsp3) is 0. The summed E-state index contributed by atoms with van der Waals surface area (Å²) in [4.78, 5) is 14.6. The third-order valence-electron chi connectivity index (χ3n) is 3.05. The SMILES string of the molecule is O=[N+]([O-])c1ccc(Cl)c(/C=N/n2c(-c3ccccn3)n[nH]c2=S)c1. The number of halogens is 1. The van der Waals surface area contributed by atoms with Gasteiger partial charge in [0.15, 0.2) is 0 Å². The smallest absolute Gasteiger partial charge is 0.258 e. The van der Waals surface area contributed by atoms with Gasteiger partial charge in [-0.05, 0) is 30.4 Å². The monoisotopic (exact) mass is 360 g/mol. The summed E-state index contributed by atoms with van der Waals surface area (Å²) in [6, 6.07) is 9.44. The molecule has 0 atom stereocenters. The van der Waals surface area contributed by atoms with Crippen LogP contribution in [0.5, 0.6) is 0 Å². The van der Waals surface area contributed by atoms with Gasteiger partial charge in [0.1, 0.15) is 5.69 Å². The zero-order valence-electron chi connectivity index (χ0n) is 12.0. The summed E-state index contributed by atoms with van der Waals surface area (Å²) < 4.78 is 1.63. The number of aromatic nitrogens is 4. The lowest BCUT2D eigenvalue weighted by Gasteiger charge is -2.01. The number of H-pyrrole nitrogens is 1. The van der Waals surface area contributed by atoms with E-state index in [1.807, 2.05) is 6.07 Å². The lowest BCUT2D eigenvalue weighted by atomic mass is 10.2. The van der Waals surface area contributed by atoms with Gasteiger partial charge in [-0.3, -0.25) is 15.1 Å². The molecule has 0 fully saturated rings. The Morgan fingerprint density at radius 2 is 2.21 bits per heavy atom. The highest BCUT2D eigenvalue weighted by Crippen LogP contribution is 2.21. The molecule has 1 aromatic carbocycles. The summed E-state index contributed by atoms with van der Waals surface area (Å²) in [5.41, 5.74) is 0.884. The summed E-state index contributed by atoms with van der Waals surface area (Å²) in [6.45, 7) is 0. The fourth-order valence-corrected chi connectivity index (χ4v) is 2.27. The zero-order valence-corrected chi connectivity index (χ0v) is 13.5. The van der Waals surface area contributed by atoms with Crippen molar-refractivity contribution in [3.05, 3.63) is 68.1 Å². The maximum absolute atomic E-state index is 10.9. The Morgan fingerprint density at radius 1 is 1.38 bits per heavy atom. The molecule has 0 spiro atoms. The van der Waals surface area contributed by atoms with Crippen molar-refractivity contribution in [3.8, 4) is 11.5 Å². The van der Waals surface area contributed by atoms with E-state index >= 15 is 0 Å². The summed E-state index contributed by atoms with van der Waals surface area (Å²) in [6.07, 6.45) is 3.01. The zero-order chi connectivity index (χ0) is 17.1. The number of benzene rings is 1. The Kier molecular flexibility index (Phi) is 4.45. The molecule has 24 heavy (non-hydrogen) atoms. The number of hydrogen-bond donors (Lipinski definition) is 1. The van der Waals surface area contributed by atoms with Gasteiger partial charge >= 0.3 is 0 Å². The molecule has 0 aliphatic heterocycles. The minimum absolute atomic E-state index is 0.0819. The van der Waals surface area contributed by atoms with Crippen LogP contribution in [0.15, 0.2) is 47.7 Å². The molecule has 0 unspecified atom stereocenters. The van der Waals surface area contributed by atoms with E-state index in [2.05, 4.69) is 20.3 Å². The van der Waals surface area contributed by atoms with Gasteiger partial charge in [0.05, 0.1) is 11.1 Å². The summed E-state index contributed by atoms with van der Waals surface area (Å²) in [7, 11) is 0. The molecule has 0 bridgehead atoms. The largest absolute Gasteiger partial charge is 0.270 e. The van der Waals surface area contributed by atoms with Crippen molar-refractivity contribution in [2.24, 2.45) is 5.10 Å². The lowest BCUT2D eigenvalue weighted by Crippen LogP contribution is -1.97. The quantitative estimate of drug-likeness (QED) is 0.332. The van der Waals surface area contributed by atoms with E-state index in [1.165, 1.54) is 29.1 Å². The Morgan fingerprint density at radius 3 is 2.92 bits per heavy atom. The number of nitro benzene ring substituents is 1. The van der Waals surface area contributed by atoms with Crippen LogP contribution in [0.2, 0.25) is 5.02 Å². The van der Waals surface area contributed by atoms with Crippen molar-refractivity contribution in [2.45, 2.75) is 0 Å². The lowest BCUT2D eigenvalue weighted by molar-refractivity contribution is -0.384. The number of rotatable bonds is 4. The molecule has 0 aliphatic carbocycles. The predicted molar refractivity (Wildman–Crippen MR) is 91.7 cm³/mol. The minimum atomic E-state index is -0.503. The van der Waals surface area contributed by atoms with E-state index in [1.54, 1.807) is 18.3 Å². The normalized spacial score (nSPS) is 11.0. The molecule has 8 nitrogen and oxygen atoms in total. The second-order valence-electron chi connectivity index (χ2n) is 4.59. The first-order valence-electron chi connectivity index (χ1n) is 6.63. The van der Waals surface area contributed by atoms with Crippen molar-refractivity contribution < 1.29 is 4.92 Å². The summed E-state index contributed by atoms with van der Waals surface area (Å²) in [5.74, 6) is 0.415. The summed E-state index contributed by atoms with van der Waals surface area (Å²) >= 11 is 11.2. The van der Waals surface area contributed by atoms with Crippen LogP contribution in [-0.2, 0) is 0 Å². The highest BCUT2D eigenvalue weighted by molar-refractivity contribution is 7.71. The second-order valence-corrected chi connectivity index (χ2v) is 5.38. The van der Waals surface area contributed by atoms with Gasteiger partial charge in [0.25, 0.3) is 5.69 Å². The maximum atomic E-state index is 10.9. The standard InChI is InChI=1S/C14H9ClN6O2S/c15-11-5-4-10(21(22)23)7-9(11)8-17-20-13(18-19-14(20)24)12-3-1-2-6-16-12/h1-8H,(H,19,24)/b17-8+. The average molecular weight is 361 g/mol. The van der Waals surface area contributed by atoms with Gasteiger partial charge in [-0.2, -0.15) is 14.9 Å². The molecule has 0 aliphatic rings.